The van der Waals surface area contributed by atoms with Gasteiger partial charge < -0.3 is 0 Å². The van der Waals surface area contributed by atoms with Crippen molar-refractivity contribution in [3.63, 3.8) is 0 Å². The summed E-state index contributed by atoms with van der Waals surface area (Å²) in [7, 11) is -8.00. The molecule has 9 heteroatoms. The van der Waals surface area contributed by atoms with Crippen molar-refractivity contribution in [3.8, 4) is 0 Å². The van der Waals surface area contributed by atoms with Crippen LogP contribution in [0.1, 0.15) is 0 Å². The Balaban J connectivity index is 2.02. The van der Waals surface area contributed by atoms with E-state index < -0.39 is 24.9 Å². The van der Waals surface area contributed by atoms with Crippen molar-refractivity contribution in [2.45, 2.75) is 9.79 Å². The molecule has 2 aromatic rings. The SMILES string of the molecule is O=S(=O)(C1=NN(S(=O)(=O)c2ccccc2)N[C]=C1)c1ccccc1. The average molecular weight is 362 g/mol. The Hall–Kier alpha value is -2.65. The maximum absolute atomic E-state index is 12.5. The van der Waals surface area contributed by atoms with Crippen LogP contribution in [-0.2, 0) is 19.9 Å². The lowest BCUT2D eigenvalue weighted by Crippen LogP contribution is -2.40. The van der Waals surface area contributed by atoms with Crippen molar-refractivity contribution in [3.05, 3.63) is 72.9 Å². The lowest BCUT2D eigenvalue weighted by atomic mass is 10.4. The molecule has 0 saturated heterocycles. The molecular weight excluding hydrogens is 350 g/mol. The molecule has 7 nitrogen and oxygen atoms in total. The quantitative estimate of drug-likeness (QED) is 0.888. The molecule has 0 saturated carbocycles. The Morgan fingerprint density at radius 1 is 0.833 bits per heavy atom. The Morgan fingerprint density at radius 2 is 1.38 bits per heavy atom. The minimum absolute atomic E-state index is 0.0146. The van der Waals surface area contributed by atoms with Gasteiger partial charge in [0.1, 0.15) is 0 Å². The fraction of sp³-hybridized carbons (Fsp3) is 0. The van der Waals surface area contributed by atoms with Crippen molar-refractivity contribution >= 4 is 24.9 Å². The third kappa shape index (κ3) is 2.91. The minimum atomic E-state index is -4.05. The van der Waals surface area contributed by atoms with Gasteiger partial charge in [-0.25, -0.2) is 8.42 Å². The van der Waals surface area contributed by atoms with Crippen LogP contribution in [0.15, 0.2) is 81.6 Å². The third-order valence-electron chi connectivity index (χ3n) is 3.14. The summed E-state index contributed by atoms with van der Waals surface area (Å²) in [4.78, 5) is -0.0119. The summed E-state index contributed by atoms with van der Waals surface area (Å²) in [5, 5.41) is 3.30. The van der Waals surface area contributed by atoms with Gasteiger partial charge in [0.05, 0.1) is 16.0 Å². The highest BCUT2D eigenvalue weighted by Crippen LogP contribution is 2.19. The monoisotopic (exact) mass is 362 g/mol. The van der Waals surface area contributed by atoms with Crippen LogP contribution in [0.2, 0.25) is 0 Å². The molecule has 1 aliphatic rings. The summed E-state index contributed by atoms with van der Waals surface area (Å²) in [6, 6.07) is 15.2. The zero-order chi connectivity index (χ0) is 17.2. The third-order valence-corrected chi connectivity index (χ3v) is 6.28. The predicted octanol–water partition coefficient (Wildman–Crippen LogP) is 1.30. The Labute approximate surface area is 139 Å². The smallest absolute Gasteiger partial charge is 0.265 e. The lowest BCUT2D eigenvalue weighted by molar-refractivity contribution is 0.368. The number of hydrogen-bond acceptors (Lipinski definition) is 6. The summed E-state index contributed by atoms with van der Waals surface area (Å²) in [5.74, 6) is 0. The maximum atomic E-state index is 12.5. The van der Waals surface area contributed by atoms with Gasteiger partial charge in [0.15, 0.2) is 5.04 Å². The second-order valence-corrected chi connectivity index (χ2v) is 8.38. The fourth-order valence-electron chi connectivity index (χ4n) is 1.95. The van der Waals surface area contributed by atoms with Crippen LogP contribution in [0, 0.1) is 6.20 Å². The van der Waals surface area contributed by atoms with Crippen molar-refractivity contribution in [1.82, 2.24) is 9.95 Å². The van der Waals surface area contributed by atoms with Gasteiger partial charge >= 0.3 is 0 Å². The van der Waals surface area contributed by atoms with Crippen LogP contribution in [-0.4, -0.2) is 26.4 Å². The van der Waals surface area contributed by atoms with Gasteiger partial charge in [0, 0.05) is 6.08 Å². The number of benzene rings is 2. The van der Waals surface area contributed by atoms with Gasteiger partial charge in [0.25, 0.3) is 10.0 Å². The van der Waals surface area contributed by atoms with E-state index in [0.29, 0.717) is 4.52 Å². The molecule has 0 bridgehead atoms. The number of hydrazone groups is 1. The molecule has 1 heterocycles. The molecule has 0 amide bonds. The molecule has 0 atom stereocenters. The van der Waals surface area contributed by atoms with Crippen LogP contribution in [0.5, 0.6) is 0 Å². The summed E-state index contributed by atoms with van der Waals surface area (Å²) < 4.78 is 50.6. The zero-order valence-electron chi connectivity index (χ0n) is 12.2. The van der Waals surface area contributed by atoms with Gasteiger partial charge in [-0.3, -0.25) is 5.43 Å². The predicted molar refractivity (Wildman–Crippen MR) is 87.5 cm³/mol. The van der Waals surface area contributed by atoms with Crippen LogP contribution in [0.4, 0.5) is 0 Å². The molecule has 0 spiro atoms. The molecule has 1 aliphatic heterocycles. The molecule has 24 heavy (non-hydrogen) atoms. The highest BCUT2D eigenvalue weighted by atomic mass is 32.2. The first-order chi connectivity index (χ1) is 11.4. The van der Waals surface area contributed by atoms with Crippen LogP contribution < -0.4 is 5.43 Å². The Kier molecular flexibility index (Phi) is 4.12. The van der Waals surface area contributed by atoms with Crippen LogP contribution in [0.25, 0.3) is 0 Å². The van der Waals surface area contributed by atoms with Gasteiger partial charge in [-0.1, -0.05) is 40.9 Å². The normalized spacial score (nSPS) is 14.8. The zero-order valence-corrected chi connectivity index (χ0v) is 13.8. The van der Waals surface area contributed by atoms with Gasteiger partial charge in [-0.15, -0.1) is 5.10 Å². The summed E-state index contributed by atoms with van der Waals surface area (Å²) >= 11 is 0. The van der Waals surface area contributed by atoms with Crippen LogP contribution in [0.3, 0.4) is 0 Å². The number of nitrogens with one attached hydrogen (secondary N) is 1. The first kappa shape index (κ1) is 16.2. The Morgan fingerprint density at radius 3 is 1.96 bits per heavy atom. The molecule has 1 N–H and O–H groups in total. The topological polar surface area (TPSA) is 95.9 Å². The lowest BCUT2D eigenvalue weighted by Gasteiger charge is -2.21. The minimum Gasteiger partial charge on any atom is -0.265 e. The van der Waals surface area contributed by atoms with Crippen molar-refractivity contribution in [1.29, 1.82) is 0 Å². The molecule has 0 aliphatic carbocycles. The standard InChI is InChI=1S/C15H12N3O4S2/c19-23(20,13-7-3-1-4-8-13)15-11-12-16-18(17-15)24(21,22)14-9-5-2-6-10-14/h1-11,16H. The number of sulfonamides is 1. The second kappa shape index (κ2) is 6.10. The van der Waals surface area contributed by atoms with E-state index in [1.807, 2.05) is 0 Å². The van der Waals surface area contributed by atoms with Crippen molar-refractivity contribution in [2.24, 2.45) is 5.10 Å². The van der Waals surface area contributed by atoms with Crippen molar-refractivity contribution < 1.29 is 16.8 Å². The number of sulfone groups is 1. The van der Waals surface area contributed by atoms with E-state index in [0.717, 1.165) is 6.08 Å². The number of hydrogen-bond donors (Lipinski definition) is 1. The molecule has 123 valence electrons. The second-order valence-electron chi connectivity index (χ2n) is 4.72. The van der Waals surface area contributed by atoms with E-state index >= 15 is 0 Å². The molecule has 3 rings (SSSR count). The molecule has 0 unspecified atom stereocenters. The van der Waals surface area contributed by atoms with Crippen LogP contribution >= 0.6 is 0 Å². The fourth-order valence-corrected chi connectivity index (χ4v) is 4.23. The molecular formula is C15H12N3O4S2. The van der Waals surface area contributed by atoms with E-state index in [1.165, 1.54) is 24.3 Å². The highest BCUT2D eigenvalue weighted by Gasteiger charge is 2.29. The molecule has 2 aromatic carbocycles. The number of hydrazine groups is 1. The number of nitrogens with zero attached hydrogens (tertiary/aromatic N) is 2. The largest absolute Gasteiger partial charge is 0.297 e. The number of rotatable bonds is 3. The Bertz CT molecular complexity index is 999. The van der Waals surface area contributed by atoms with Gasteiger partial charge in [0.2, 0.25) is 9.84 Å². The first-order valence-corrected chi connectivity index (χ1v) is 9.68. The summed E-state index contributed by atoms with van der Waals surface area (Å²) in [6.45, 7) is 0. The van der Waals surface area contributed by atoms with E-state index in [2.05, 4.69) is 16.7 Å². The maximum Gasteiger partial charge on any atom is 0.297 e. The highest BCUT2D eigenvalue weighted by molar-refractivity contribution is 8.06. The van der Waals surface area contributed by atoms with E-state index in [4.69, 9.17) is 0 Å². The van der Waals surface area contributed by atoms with E-state index in [9.17, 15) is 16.8 Å². The van der Waals surface area contributed by atoms with Gasteiger partial charge in [-0.2, -0.15) is 8.42 Å². The van der Waals surface area contributed by atoms with E-state index in [1.54, 1.807) is 36.4 Å². The first-order valence-electron chi connectivity index (χ1n) is 6.76. The van der Waals surface area contributed by atoms with Crippen molar-refractivity contribution in [2.75, 3.05) is 0 Å². The van der Waals surface area contributed by atoms with Gasteiger partial charge in [-0.05, 0) is 24.3 Å². The average Bonchev–Trinajstić information content (AvgIpc) is 2.63. The van der Waals surface area contributed by atoms with E-state index in [-0.39, 0.29) is 9.79 Å². The molecule has 0 fully saturated rings. The summed E-state index contributed by atoms with van der Waals surface area (Å²) in [5.41, 5.74) is 2.30. The molecule has 1 radical (unpaired) electrons. The summed E-state index contributed by atoms with van der Waals surface area (Å²) in [6.07, 6.45) is 3.48. The molecule has 0 aromatic heterocycles.